The number of allylic oxidation sites excluding steroid dienone is 2. The van der Waals surface area contributed by atoms with E-state index in [0.29, 0.717) is 18.2 Å². The van der Waals surface area contributed by atoms with Crippen molar-refractivity contribution < 1.29 is 9.53 Å². The molecule has 35 heavy (non-hydrogen) atoms. The van der Waals surface area contributed by atoms with Crippen molar-refractivity contribution in [1.82, 2.24) is 15.6 Å². The molecule has 0 radical (unpaired) electrons. The summed E-state index contributed by atoms with van der Waals surface area (Å²) >= 11 is 0. The van der Waals surface area contributed by atoms with Gasteiger partial charge in [0.05, 0.1) is 11.1 Å². The molecule has 1 saturated heterocycles. The molecule has 180 valence electrons. The summed E-state index contributed by atoms with van der Waals surface area (Å²) in [5.41, 5.74) is 6.16. The van der Waals surface area contributed by atoms with Crippen LogP contribution in [0.1, 0.15) is 72.0 Å². The number of hydrogen-bond acceptors (Lipinski definition) is 4. The Morgan fingerprint density at radius 2 is 2.09 bits per heavy atom. The number of aryl methyl sites for hydroxylation is 1. The van der Waals surface area contributed by atoms with Crippen LogP contribution < -0.4 is 15.4 Å². The number of nitrogens with zero attached hydrogens (tertiary/aromatic N) is 1. The summed E-state index contributed by atoms with van der Waals surface area (Å²) in [5.74, 6) is 0.715. The van der Waals surface area contributed by atoms with Crippen LogP contribution in [-0.2, 0) is 5.54 Å². The molecule has 3 aromatic rings. The van der Waals surface area contributed by atoms with Crippen molar-refractivity contribution in [2.24, 2.45) is 0 Å². The summed E-state index contributed by atoms with van der Waals surface area (Å²) in [6, 6.07) is 14.9. The van der Waals surface area contributed by atoms with Crippen LogP contribution in [0, 0.1) is 6.92 Å². The van der Waals surface area contributed by atoms with E-state index in [1.54, 1.807) is 0 Å². The topological polar surface area (TPSA) is 63.2 Å². The van der Waals surface area contributed by atoms with Crippen molar-refractivity contribution in [2.75, 3.05) is 13.2 Å². The van der Waals surface area contributed by atoms with Gasteiger partial charge in [0.15, 0.2) is 0 Å². The van der Waals surface area contributed by atoms with E-state index in [0.717, 1.165) is 60.9 Å². The molecular formula is C30H33N3O2. The van der Waals surface area contributed by atoms with Crippen LogP contribution in [0.3, 0.4) is 0 Å². The second-order valence-electron chi connectivity index (χ2n) is 10.3. The van der Waals surface area contributed by atoms with Crippen LogP contribution in [0.15, 0.2) is 54.7 Å². The highest BCUT2D eigenvalue weighted by Gasteiger charge is 2.47. The van der Waals surface area contributed by atoms with Gasteiger partial charge in [0.2, 0.25) is 0 Å². The van der Waals surface area contributed by atoms with E-state index in [4.69, 9.17) is 4.74 Å². The van der Waals surface area contributed by atoms with Gasteiger partial charge in [0.25, 0.3) is 5.91 Å². The van der Waals surface area contributed by atoms with Crippen molar-refractivity contribution in [1.29, 1.82) is 0 Å². The summed E-state index contributed by atoms with van der Waals surface area (Å²) in [6.07, 6.45) is 12.0. The fourth-order valence-corrected chi connectivity index (χ4v) is 5.36. The number of nitrogens with one attached hydrogen (secondary N) is 2. The Hall–Kier alpha value is -3.18. The van der Waals surface area contributed by atoms with Crippen LogP contribution in [0.4, 0.5) is 0 Å². The first-order chi connectivity index (χ1) is 17.1. The Morgan fingerprint density at radius 1 is 1.20 bits per heavy atom. The fraction of sp³-hybridized carbons (Fsp3) is 0.400. The molecule has 1 saturated carbocycles. The molecule has 1 atom stereocenters. The van der Waals surface area contributed by atoms with Crippen LogP contribution in [0.2, 0.25) is 0 Å². The molecule has 2 fully saturated rings. The van der Waals surface area contributed by atoms with E-state index in [1.165, 1.54) is 29.5 Å². The third kappa shape index (κ3) is 4.45. The lowest BCUT2D eigenvalue weighted by atomic mass is 9.89. The molecule has 2 heterocycles. The summed E-state index contributed by atoms with van der Waals surface area (Å²) < 4.78 is 5.97. The molecule has 6 rings (SSSR count). The Balaban J connectivity index is 1.30. The van der Waals surface area contributed by atoms with Crippen molar-refractivity contribution in [3.8, 4) is 5.75 Å². The largest absolute Gasteiger partial charge is 0.492 e. The van der Waals surface area contributed by atoms with Gasteiger partial charge in [-0.05, 0) is 111 Å². The van der Waals surface area contributed by atoms with E-state index in [1.807, 2.05) is 37.4 Å². The van der Waals surface area contributed by atoms with E-state index < -0.39 is 0 Å². The molecule has 2 aliphatic carbocycles. The molecule has 2 aromatic carbocycles. The first-order valence-corrected chi connectivity index (χ1v) is 13.0. The van der Waals surface area contributed by atoms with Gasteiger partial charge in [0, 0.05) is 23.2 Å². The fourth-order valence-electron chi connectivity index (χ4n) is 5.36. The second kappa shape index (κ2) is 9.12. The summed E-state index contributed by atoms with van der Waals surface area (Å²) in [5, 5.41) is 7.91. The lowest BCUT2D eigenvalue weighted by molar-refractivity contribution is 0.0930. The number of carbonyl (C=O) groups excluding carboxylic acids is 1. The van der Waals surface area contributed by atoms with Crippen LogP contribution in [0.25, 0.3) is 16.5 Å². The molecule has 1 aliphatic heterocycles. The summed E-state index contributed by atoms with van der Waals surface area (Å²) in [7, 11) is 0. The van der Waals surface area contributed by atoms with Gasteiger partial charge in [-0.25, -0.2) is 0 Å². The Morgan fingerprint density at radius 3 is 2.83 bits per heavy atom. The summed E-state index contributed by atoms with van der Waals surface area (Å²) in [4.78, 5) is 18.3. The quantitative estimate of drug-likeness (QED) is 0.471. The van der Waals surface area contributed by atoms with Gasteiger partial charge >= 0.3 is 0 Å². The summed E-state index contributed by atoms with van der Waals surface area (Å²) in [6.45, 7) is 3.68. The Labute approximate surface area is 207 Å². The van der Waals surface area contributed by atoms with Crippen molar-refractivity contribution in [3.05, 3.63) is 77.0 Å². The van der Waals surface area contributed by atoms with E-state index in [2.05, 4.69) is 39.9 Å². The Kier molecular flexibility index (Phi) is 5.81. The lowest BCUT2D eigenvalue weighted by Gasteiger charge is -2.27. The number of aromatic nitrogens is 1. The number of carbonyl (C=O) groups is 1. The predicted octanol–water partition coefficient (Wildman–Crippen LogP) is 5.66. The molecule has 5 heteroatoms. The zero-order valence-corrected chi connectivity index (χ0v) is 20.4. The van der Waals surface area contributed by atoms with Crippen molar-refractivity contribution >= 4 is 22.4 Å². The standard InChI is InChI=1S/C30H33N3O2/c1-20-9-10-24(35-19-23-11-15-31-23)18-26(20)29(34)33-30(12-13-30)27-16-22(21-6-3-2-4-7-21)17-28-25(27)8-5-14-32-28/h5-6,8-10,14,16-18,23,31H,2-4,7,11-13,15,19H2,1H3,(H,33,34)/t23-/m0/s1. The van der Waals surface area contributed by atoms with Crippen LogP contribution >= 0.6 is 0 Å². The minimum Gasteiger partial charge on any atom is -0.492 e. The molecular weight excluding hydrogens is 434 g/mol. The SMILES string of the molecule is Cc1ccc(OC[C@@H]2CCN2)cc1C(=O)NC1(c2cc(C3=CCCCC3)cc3ncccc23)CC1. The maximum absolute atomic E-state index is 13.6. The molecule has 0 spiro atoms. The number of hydrogen-bond donors (Lipinski definition) is 2. The highest BCUT2D eigenvalue weighted by Crippen LogP contribution is 2.49. The minimum absolute atomic E-state index is 0.0356. The predicted molar refractivity (Wildman–Crippen MR) is 140 cm³/mol. The van der Waals surface area contributed by atoms with E-state index >= 15 is 0 Å². The highest BCUT2D eigenvalue weighted by molar-refractivity contribution is 5.97. The molecule has 1 aromatic heterocycles. The second-order valence-corrected chi connectivity index (χ2v) is 10.3. The zero-order chi connectivity index (χ0) is 23.8. The van der Waals surface area contributed by atoms with Gasteiger partial charge in [0.1, 0.15) is 12.4 Å². The Bertz CT molecular complexity index is 1300. The minimum atomic E-state index is -0.344. The molecule has 0 unspecified atom stereocenters. The van der Waals surface area contributed by atoms with Crippen LogP contribution in [0.5, 0.6) is 5.75 Å². The monoisotopic (exact) mass is 467 g/mol. The molecule has 1 amide bonds. The maximum atomic E-state index is 13.6. The molecule has 2 N–H and O–H groups in total. The third-order valence-electron chi connectivity index (χ3n) is 7.83. The van der Waals surface area contributed by atoms with Crippen LogP contribution in [-0.4, -0.2) is 30.1 Å². The average Bonchev–Trinajstić information content (AvgIpc) is 3.64. The highest BCUT2D eigenvalue weighted by atomic mass is 16.5. The number of pyridine rings is 1. The first-order valence-electron chi connectivity index (χ1n) is 13.0. The van der Waals surface area contributed by atoms with Gasteiger partial charge in [-0.15, -0.1) is 0 Å². The average molecular weight is 468 g/mol. The van der Waals surface area contributed by atoms with Gasteiger partial charge in [-0.1, -0.05) is 18.2 Å². The number of ether oxygens (including phenoxy) is 1. The third-order valence-corrected chi connectivity index (χ3v) is 7.83. The smallest absolute Gasteiger partial charge is 0.252 e. The molecule has 3 aliphatic rings. The van der Waals surface area contributed by atoms with E-state index in [9.17, 15) is 4.79 Å². The molecule has 5 nitrogen and oxygen atoms in total. The van der Waals surface area contributed by atoms with Gasteiger partial charge in [-0.2, -0.15) is 0 Å². The van der Waals surface area contributed by atoms with Crippen molar-refractivity contribution in [2.45, 2.75) is 63.5 Å². The van der Waals surface area contributed by atoms with E-state index in [-0.39, 0.29) is 11.4 Å². The number of benzene rings is 2. The van der Waals surface area contributed by atoms with Gasteiger partial charge in [-0.3, -0.25) is 9.78 Å². The maximum Gasteiger partial charge on any atom is 0.252 e. The zero-order valence-electron chi connectivity index (χ0n) is 20.4. The number of rotatable bonds is 7. The van der Waals surface area contributed by atoms with Gasteiger partial charge < -0.3 is 15.4 Å². The first kappa shape index (κ1) is 22.3. The lowest BCUT2D eigenvalue weighted by Crippen LogP contribution is -2.46. The van der Waals surface area contributed by atoms with Crippen molar-refractivity contribution in [3.63, 3.8) is 0 Å². The molecule has 0 bridgehead atoms. The number of amides is 1. The number of fused-ring (bicyclic) bond motifs is 1. The normalized spacial score (nSPS) is 20.6.